The second-order valence-corrected chi connectivity index (χ2v) is 4.93. The summed E-state index contributed by atoms with van der Waals surface area (Å²) in [6.07, 6.45) is -0.218. The predicted molar refractivity (Wildman–Crippen MR) is 70.1 cm³/mol. The highest BCUT2D eigenvalue weighted by molar-refractivity contribution is 5.94. The van der Waals surface area contributed by atoms with Crippen molar-refractivity contribution < 1.29 is 18.3 Å². The number of amides is 1. The molecule has 20 heavy (non-hydrogen) atoms. The molecule has 0 bridgehead atoms. The Morgan fingerprint density at radius 2 is 1.80 bits per heavy atom. The number of ether oxygens (including phenoxy) is 1. The molecule has 1 fully saturated rings. The molecule has 1 saturated heterocycles. The number of hydrogen-bond donors (Lipinski definition) is 2. The van der Waals surface area contributed by atoms with Gasteiger partial charge in [0.05, 0.1) is 12.2 Å². The molecule has 0 aliphatic carbocycles. The number of hydrazine groups is 1. The van der Waals surface area contributed by atoms with Gasteiger partial charge in [-0.2, -0.15) is 0 Å². The van der Waals surface area contributed by atoms with Gasteiger partial charge < -0.3 is 15.1 Å². The predicted octanol–water partition coefficient (Wildman–Crippen LogP) is 1.50. The Kier molecular flexibility index (Phi) is 4.20. The van der Waals surface area contributed by atoms with Crippen LogP contribution in [-0.2, 0) is 4.74 Å². The molecule has 1 aliphatic rings. The maximum absolute atomic E-state index is 13.6. The summed E-state index contributed by atoms with van der Waals surface area (Å²) in [5, 5.41) is 0. The van der Waals surface area contributed by atoms with Crippen molar-refractivity contribution in [1.29, 1.82) is 0 Å². The Bertz CT molecular complexity index is 491. The van der Waals surface area contributed by atoms with E-state index in [1.807, 2.05) is 19.3 Å². The van der Waals surface area contributed by atoms with Gasteiger partial charge in [0, 0.05) is 18.7 Å². The second-order valence-electron chi connectivity index (χ2n) is 4.93. The number of nitrogens with two attached hydrogens (primary N) is 1. The Morgan fingerprint density at radius 3 is 2.25 bits per heavy atom. The summed E-state index contributed by atoms with van der Waals surface area (Å²) >= 11 is 0. The molecule has 0 saturated carbocycles. The Hall–Kier alpha value is -1.73. The Morgan fingerprint density at radius 1 is 1.30 bits per heavy atom. The number of carbonyl (C=O) groups is 1. The van der Waals surface area contributed by atoms with Gasteiger partial charge in [-0.3, -0.25) is 10.6 Å². The largest absolute Gasteiger partial charge is 0.372 e. The van der Waals surface area contributed by atoms with E-state index in [1.54, 1.807) is 0 Å². The van der Waals surface area contributed by atoms with Gasteiger partial charge in [-0.25, -0.2) is 8.78 Å². The third-order valence-electron chi connectivity index (χ3n) is 3.14. The molecule has 0 spiro atoms. The van der Waals surface area contributed by atoms with E-state index >= 15 is 0 Å². The van der Waals surface area contributed by atoms with Crippen LogP contribution in [0.25, 0.3) is 0 Å². The molecule has 0 aromatic heterocycles. The molecule has 3 N–H and O–H groups in total. The van der Waals surface area contributed by atoms with E-state index in [9.17, 15) is 13.6 Å². The number of hydrogen-bond acceptors (Lipinski definition) is 4. The normalized spacial score (nSPS) is 22.8. The number of nitrogen functional groups attached to an aromatic ring is 1. The lowest BCUT2D eigenvalue weighted by atomic mass is 10.1. The molecule has 1 heterocycles. The highest BCUT2D eigenvalue weighted by Crippen LogP contribution is 2.22. The van der Waals surface area contributed by atoms with Gasteiger partial charge >= 0.3 is 0 Å². The lowest BCUT2D eigenvalue weighted by Crippen LogP contribution is -2.48. The van der Waals surface area contributed by atoms with Crippen molar-refractivity contribution in [3.8, 4) is 0 Å². The third-order valence-corrected chi connectivity index (χ3v) is 3.14. The van der Waals surface area contributed by atoms with Crippen LogP contribution in [0.1, 0.15) is 24.2 Å². The highest BCUT2D eigenvalue weighted by Gasteiger charge is 2.27. The van der Waals surface area contributed by atoms with Gasteiger partial charge in [0.1, 0.15) is 5.69 Å². The van der Waals surface area contributed by atoms with E-state index < -0.39 is 23.2 Å². The summed E-state index contributed by atoms with van der Waals surface area (Å²) in [5.41, 5.74) is 1.43. The molecule has 1 aromatic rings. The van der Waals surface area contributed by atoms with Crippen molar-refractivity contribution in [2.45, 2.75) is 26.1 Å². The smallest absolute Gasteiger partial charge is 0.254 e. The number of morpholine rings is 1. The second kappa shape index (κ2) is 5.72. The summed E-state index contributed by atoms with van der Waals surface area (Å²) in [4.78, 5) is 13.8. The molecule has 0 radical (unpaired) electrons. The fourth-order valence-corrected chi connectivity index (χ4v) is 2.36. The number of nitrogens with zero attached hydrogens (tertiary/aromatic N) is 1. The molecule has 2 rings (SSSR count). The minimum atomic E-state index is -0.898. The van der Waals surface area contributed by atoms with Gasteiger partial charge in [-0.05, 0) is 26.0 Å². The number of nitrogens with one attached hydrogen (secondary N) is 1. The van der Waals surface area contributed by atoms with Crippen LogP contribution in [0.5, 0.6) is 0 Å². The quantitative estimate of drug-likeness (QED) is 0.638. The summed E-state index contributed by atoms with van der Waals surface area (Å²) in [7, 11) is 0. The van der Waals surface area contributed by atoms with Crippen LogP contribution in [0.15, 0.2) is 12.1 Å². The van der Waals surface area contributed by atoms with Crippen molar-refractivity contribution in [1.82, 2.24) is 4.90 Å². The maximum Gasteiger partial charge on any atom is 0.254 e. The lowest BCUT2D eigenvalue weighted by Gasteiger charge is -2.35. The Balaban J connectivity index is 2.25. The van der Waals surface area contributed by atoms with Crippen LogP contribution < -0.4 is 11.3 Å². The summed E-state index contributed by atoms with van der Waals surface area (Å²) < 4.78 is 32.7. The van der Waals surface area contributed by atoms with Crippen LogP contribution in [-0.4, -0.2) is 36.1 Å². The molecule has 1 amide bonds. The fraction of sp³-hybridized carbons (Fsp3) is 0.462. The van der Waals surface area contributed by atoms with E-state index in [0.717, 1.165) is 12.1 Å². The molecule has 1 aliphatic heterocycles. The van der Waals surface area contributed by atoms with Crippen molar-refractivity contribution in [2.24, 2.45) is 5.84 Å². The number of anilines is 1. The van der Waals surface area contributed by atoms with E-state index in [0.29, 0.717) is 13.1 Å². The third kappa shape index (κ3) is 2.88. The standard InChI is InChI=1S/C13H17F2N3O2/c1-7-5-18(6-8(2)20-7)13(19)9-3-10(14)12(17-16)11(15)4-9/h3-4,7-8,17H,5-6,16H2,1-2H3/t7-,8+. The summed E-state index contributed by atoms with van der Waals surface area (Å²) in [6.45, 7) is 4.48. The summed E-state index contributed by atoms with van der Waals surface area (Å²) in [5.74, 6) is 2.80. The van der Waals surface area contributed by atoms with E-state index in [-0.39, 0.29) is 17.8 Å². The molecular weight excluding hydrogens is 268 g/mol. The monoisotopic (exact) mass is 285 g/mol. The van der Waals surface area contributed by atoms with Crippen LogP contribution in [0.3, 0.4) is 0 Å². The zero-order valence-corrected chi connectivity index (χ0v) is 11.3. The van der Waals surface area contributed by atoms with Crippen molar-refractivity contribution in [3.05, 3.63) is 29.3 Å². The molecule has 7 heteroatoms. The number of rotatable bonds is 2. The number of benzene rings is 1. The van der Waals surface area contributed by atoms with Crippen LogP contribution in [0.4, 0.5) is 14.5 Å². The SMILES string of the molecule is C[C@@H]1CN(C(=O)c2cc(F)c(NN)c(F)c2)C[C@H](C)O1. The zero-order valence-electron chi connectivity index (χ0n) is 11.3. The molecule has 110 valence electrons. The average molecular weight is 285 g/mol. The minimum Gasteiger partial charge on any atom is -0.372 e. The number of carbonyl (C=O) groups excluding carboxylic acids is 1. The van der Waals surface area contributed by atoms with Gasteiger partial charge in [-0.15, -0.1) is 0 Å². The average Bonchev–Trinajstić information content (AvgIpc) is 2.36. The molecule has 1 aromatic carbocycles. The van der Waals surface area contributed by atoms with Crippen molar-refractivity contribution >= 4 is 11.6 Å². The van der Waals surface area contributed by atoms with E-state index in [4.69, 9.17) is 10.6 Å². The first-order chi connectivity index (χ1) is 9.42. The molecule has 0 unspecified atom stereocenters. The molecule has 2 atom stereocenters. The minimum absolute atomic E-state index is 0.0414. The van der Waals surface area contributed by atoms with Crippen LogP contribution >= 0.6 is 0 Å². The topological polar surface area (TPSA) is 67.6 Å². The molecule has 5 nitrogen and oxygen atoms in total. The van der Waals surface area contributed by atoms with E-state index in [2.05, 4.69) is 0 Å². The van der Waals surface area contributed by atoms with Gasteiger partial charge in [0.2, 0.25) is 0 Å². The highest BCUT2D eigenvalue weighted by atomic mass is 19.1. The first kappa shape index (κ1) is 14.7. The van der Waals surface area contributed by atoms with Gasteiger partial charge in [0.25, 0.3) is 5.91 Å². The first-order valence-electron chi connectivity index (χ1n) is 6.32. The maximum atomic E-state index is 13.6. The van der Waals surface area contributed by atoms with Gasteiger partial charge in [0.15, 0.2) is 11.6 Å². The zero-order chi connectivity index (χ0) is 14.9. The number of halogens is 2. The molecular formula is C13H17F2N3O2. The Labute approximate surface area is 115 Å². The van der Waals surface area contributed by atoms with E-state index in [1.165, 1.54) is 4.90 Å². The van der Waals surface area contributed by atoms with Crippen LogP contribution in [0.2, 0.25) is 0 Å². The van der Waals surface area contributed by atoms with Crippen molar-refractivity contribution in [3.63, 3.8) is 0 Å². The lowest BCUT2D eigenvalue weighted by molar-refractivity contribution is -0.0586. The first-order valence-corrected chi connectivity index (χ1v) is 6.32. The summed E-state index contributed by atoms with van der Waals surface area (Å²) in [6, 6.07) is 1.96. The van der Waals surface area contributed by atoms with Gasteiger partial charge in [-0.1, -0.05) is 0 Å². The van der Waals surface area contributed by atoms with Crippen molar-refractivity contribution in [2.75, 3.05) is 18.5 Å². The fourth-order valence-electron chi connectivity index (χ4n) is 2.36. The van der Waals surface area contributed by atoms with Crippen LogP contribution in [0, 0.1) is 11.6 Å².